The highest BCUT2D eigenvalue weighted by molar-refractivity contribution is 5.92. The van der Waals surface area contributed by atoms with Crippen LogP contribution in [-0.4, -0.2) is 33.5 Å². The summed E-state index contributed by atoms with van der Waals surface area (Å²) in [7, 11) is 0. The van der Waals surface area contributed by atoms with Crippen LogP contribution in [-0.2, 0) is 0 Å². The van der Waals surface area contributed by atoms with Crippen molar-refractivity contribution in [3.63, 3.8) is 0 Å². The lowest BCUT2D eigenvalue weighted by Crippen LogP contribution is -2.44. The number of aromatic nitrogens is 3. The van der Waals surface area contributed by atoms with E-state index in [1.165, 1.54) is 23.1 Å². The first kappa shape index (κ1) is 18.4. The fourth-order valence-corrected chi connectivity index (χ4v) is 2.99. The van der Waals surface area contributed by atoms with Crippen LogP contribution in [0.4, 0.5) is 4.39 Å². The zero-order chi connectivity index (χ0) is 16.2. The number of rotatable bonds is 4. The van der Waals surface area contributed by atoms with Crippen LogP contribution in [0.2, 0.25) is 0 Å². The van der Waals surface area contributed by atoms with E-state index in [2.05, 4.69) is 15.5 Å². The van der Waals surface area contributed by atoms with Crippen molar-refractivity contribution in [2.75, 3.05) is 6.54 Å². The first-order valence-electron chi connectivity index (χ1n) is 7.86. The molecule has 1 aliphatic rings. The summed E-state index contributed by atoms with van der Waals surface area (Å²) in [5.74, 6) is -0.257. The maximum absolute atomic E-state index is 12.9. The topological polar surface area (TPSA) is 85.8 Å². The Kier molecular flexibility index (Phi) is 6.28. The number of nitrogens with two attached hydrogens (primary N) is 1. The number of hydrogen-bond donors (Lipinski definition) is 2. The van der Waals surface area contributed by atoms with E-state index in [9.17, 15) is 9.18 Å². The minimum absolute atomic E-state index is 0. The molecule has 2 unspecified atom stereocenters. The highest BCUT2D eigenvalue weighted by Gasteiger charge is 2.26. The minimum Gasteiger partial charge on any atom is -0.348 e. The summed E-state index contributed by atoms with van der Waals surface area (Å²) in [6, 6.07) is 5.86. The number of benzene rings is 1. The number of carbonyl (C=O) groups is 1. The van der Waals surface area contributed by atoms with E-state index in [1.54, 1.807) is 12.1 Å². The number of nitrogens with one attached hydrogen (secondary N) is 1. The van der Waals surface area contributed by atoms with Crippen LogP contribution in [0, 0.1) is 11.7 Å². The van der Waals surface area contributed by atoms with Crippen LogP contribution in [0.5, 0.6) is 0 Å². The lowest BCUT2D eigenvalue weighted by Gasteiger charge is -2.30. The van der Waals surface area contributed by atoms with Crippen molar-refractivity contribution < 1.29 is 9.18 Å². The summed E-state index contributed by atoms with van der Waals surface area (Å²) in [5, 5.41) is 11.2. The third-order valence-electron chi connectivity index (χ3n) is 4.31. The van der Waals surface area contributed by atoms with Gasteiger partial charge >= 0.3 is 0 Å². The normalized spacial score (nSPS) is 20.2. The third-order valence-corrected chi connectivity index (χ3v) is 4.31. The van der Waals surface area contributed by atoms with Crippen molar-refractivity contribution in [1.29, 1.82) is 0 Å². The van der Waals surface area contributed by atoms with Gasteiger partial charge in [0.15, 0.2) is 5.69 Å². The van der Waals surface area contributed by atoms with E-state index >= 15 is 0 Å². The summed E-state index contributed by atoms with van der Waals surface area (Å²) in [5.41, 5.74) is 6.63. The Labute approximate surface area is 146 Å². The molecule has 0 bridgehead atoms. The molecule has 0 spiro atoms. The predicted molar refractivity (Wildman–Crippen MR) is 90.8 cm³/mol. The minimum atomic E-state index is -0.330. The molecule has 1 aromatic carbocycles. The molecule has 130 valence electrons. The average Bonchev–Trinajstić information content (AvgIpc) is 3.06. The van der Waals surface area contributed by atoms with Gasteiger partial charge in [-0.15, -0.1) is 17.5 Å². The summed E-state index contributed by atoms with van der Waals surface area (Å²) >= 11 is 0. The molecule has 0 radical (unpaired) electrons. The van der Waals surface area contributed by atoms with Gasteiger partial charge in [0.1, 0.15) is 5.82 Å². The lowest BCUT2D eigenvalue weighted by molar-refractivity contribution is 0.0902. The fraction of sp³-hybridized carbons (Fsp3) is 0.438. The Morgan fingerprint density at radius 2 is 2.00 bits per heavy atom. The van der Waals surface area contributed by atoms with Gasteiger partial charge < -0.3 is 11.1 Å². The van der Waals surface area contributed by atoms with E-state index < -0.39 is 0 Å². The zero-order valence-electron chi connectivity index (χ0n) is 13.2. The number of hydrogen-bond acceptors (Lipinski definition) is 4. The molecule has 2 atom stereocenters. The van der Waals surface area contributed by atoms with Gasteiger partial charge in [0.2, 0.25) is 0 Å². The molecule has 0 saturated heterocycles. The third kappa shape index (κ3) is 4.10. The molecule has 2 aromatic rings. The Bertz CT molecular complexity index is 675. The van der Waals surface area contributed by atoms with Crippen LogP contribution < -0.4 is 11.1 Å². The van der Waals surface area contributed by atoms with Crippen molar-refractivity contribution in [1.82, 2.24) is 20.3 Å². The van der Waals surface area contributed by atoms with Crippen molar-refractivity contribution >= 4 is 18.3 Å². The molecule has 6 nitrogen and oxygen atoms in total. The van der Waals surface area contributed by atoms with Crippen molar-refractivity contribution in [3.05, 3.63) is 42.0 Å². The molecule has 1 saturated carbocycles. The monoisotopic (exact) mass is 353 g/mol. The highest BCUT2D eigenvalue weighted by Crippen LogP contribution is 2.23. The van der Waals surface area contributed by atoms with Crippen molar-refractivity contribution in [2.24, 2.45) is 11.7 Å². The van der Waals surface area contributed by atoms with Crippen LogP contribution in [0.25, 0.3) is 5.69 Å². The van der Waals surface area contributed by atoms with Crippen molar-refractivity contribution in [3.8, 4) is 5.69 Å². The molecular weight excluding hydrogens is 333 g/mol. The number of nitrogens with zero attached hydrogens (tertiary/aromatic N) is 3. The Hall–Kier alpha value is -1.99. The fourth-order valence-electron chi connectivity index (χ4n) is 2.99. The second kappa shape index (κ2) is 8.21. The van der Waals surface area contributed by atoms with Gasteiger partial charge in [0.25, 0.3) is 5.91 Å². The Balaban J connectivity index is 0.00000208. The summed E-state index contributed by atoms with van der Waals surface area (Å²) in [6.07, 6.45) is 5.67. The quantitative estimate of drug-likeness (QED) is 0.881. The lowest BCUT2D eigenvalue weighted by atomic mass is 9.84. The average molecular weight is 354 g/mol. The zero-order valence-corrected chi connectivity index (χ0v) is 14.0. The predicted octanol–water partition coefficient (Wildman–Crippen LogP) is 2.08. The summed E-state index contributed by atoms with van der Waals surface area (Å²) in [6.45, 7) is 0.577. The maximum Gasteiger partial charge on any atom is 0.273 e. The van der Waals surface area contributed by atoms with Gasteiger partial charge in [-0.05, 0) is 49.6 Å². The molecule has 3 N–H and O–H groups in total. The second-order valence-electron chi connectivity index (χ2n) is 5.86. The summed E-state index contributed by atoms with van der Waals surface area (Å²) < 4.78 is 12.9. The molecule has 1 heterocycles. The molecular formula is C16H21ClFN5O. The molecule has 1 aromatic heterocycles. The van der Waals surface area contributed by atoms with E-state index in [0.717, 1.165) is 25.7 Å². The van der Waals surface area contributed by atoms with Crippen LogP contribution in [0.1, 0.15) is 36.2 Å². The number of halogens is 2. The van der Waals surface area contributed by atoms with Gasteiger partial charge in [-0.25, -0.2) is 4.39 Å². The van der Waals surface area contributed by atoms with E-state index in [1.807, 2.05) is 0 Å². The Morgan fingerprint density at radius 3 is 2.71 bits per heavy atom. The molecule has 3 rings (SSSR count). The van der Waals surface area contributed by atoms with Gasteiger partial charge in [-0.2, -0.15) is 9.90 Å². The van der Waals surface area contributed by atoms with Crippen molar-refractivity contribution in [2.45, 2.75) is 31.7 Å². The standard InChI is InChI=1S/C16H20FN5O.ClH/c17-12-5-7-13(8-6-12)22-19-10-15(21-22)16(23)20-14-4-2-1-3-11(14)9-18;/h5-8,10-11,14H,1-4,9,18H2,(H,20,23);1H. The van der Waals surface area contributed by atoms with Gasteiger partial charge in [-0.1, -0.05) is 12.8 Å². The number of carbonyl (C=O) groups excluding carboxylic acids is 1. The maximum atomic E-state index is 12.9. The largest absolute Gasteiger partial charge is 0.348 e. The van der Waals surface area contributed by atoms with Gasteiger partial charge in [0.05, 0.1) is 11.9 Å². The molecule has 0 aliphatic heterocycles. The molecule has 1 fully saturated rings. The highest BCUT2D eigenvalue weighted by atomic mass is 35.5. The SMILES string of the molecule is Cl.NCC1CCCCC1NC(=O)c1cnn(-c2ccc(F)cc2)n1. The second-order valence-corrected chi connectivity index (χ2v) is 5.86. The molecule has 8 heteroatoms. The smallest absolute Gasteiger partial charge is 0.273 e. The van der Waals surface area contributed by atoms with E-state index in [4.69, 9.17) is 5.73 Å². The van der Waals surface area contributed by atoms with E-state index in [0.29, 0.717) is 18.2 Å². The van der Waals surface area contributed by atoms with Gasteiger partial charge in [0, 0.05) is 6.04 Å². The van der Waals surface area contributed by atoms with Crippen LogP contribution in [0.3, 0.4) is 0 Å². The first-order valence-corrected chi connectivity index (χ1v) is 7.86. The summed E-state index contributed by atoms with van der Waals surface area (Å²) in [4.78, 5) is 13.7. The molecule has 24 heavy (non-hydrogen) atoms. The number of amides is 1. The molecule has 1 aliphatic carbocycles. The van der Waals surface area contributed by atoms with Gasteiger partial charge in [-0.3, -0.25) is 4.79 Å². The Morgan fingerprint density at radius 1 is 1.29 bits per heavy atom. The first-order chi connectivity index (χ1) is 11.2. The molecule has 1 amide bonds. The van der Waals surface area contributed by atoms with Crippen LogP contribution >= 0.6 is 12.4 Å². The van der Waals surface area contributed by atoms with Crippen LogP contribution in [0.15, 0.2) is 30.5 Å². The van der Waals surface area contributed by atoms with E-state index in [-0.39, 0.29) is 35.9 Å².